The minimum Gasteiger partial charge on any atom is -0.385 e. The Labute approximate surface area is 146 Å². The van der Waals surface area contributed by atoms with Crippen LogP contribution in [-0.2, 0) is 12.8 Å². The molecule has 1 aliphatic heterocycles. The molecule has 1 aromatic heterocycles. The van der Waals surface area contributed by atoms with Gasteiger partial charge in [0.2, 0.25) is 0 Å². The predicted octanol–water partition coefficient (Wildman–Crippen LogP) is 3.32. The number of carbonyl (C=O) groups is 1. The molecule has 1 aromatic carbocycles. The number of thiazole rings is 1. The molecule has 0 radical (unpaired) electrons. The molecule has 0 bridgehead atoms. The van der Waals surface area contributed by atoms with Crippen molar-refractivity contribution in [2.45, 2.75) is 19.3 Å². The normalized spacial score (nSPS) is 12.2. The fraction of sp³-hybridized carbons (Fsp3) is 0.333. The van der Waals surface area contributed by atoms with Crippen LogP contribution in [0.2, 0.25) is 0 Å². The monoisotopic (exact) mass is 359 g/mol. The highest BCUT2D eigenvalue weighted by atomic mass is 35.5. The summed E-state index contributed by atoms with van der Waals surface area (Å²) in [4.78, 5) is 16.5. The molecule has 0 saturated heterocycles. The quantitative estimate of drug-likeness (QED) is 0.880. The fourth-order valence-corrected chi connectivity index (χ4v) is 3.08. The first kappa shape index (κ1) is 18.7. The van der Waals surface area contributed by atoms with Gasteiger partial charge in [0.1, 0.15) is 0 Å². The van der Waals surface area contributed by atoms with E-state index in [4.69, 9.17) is 0 Å². The van der Waals surface area contributed by atoms with E-state index in [0.717, 1.165) is 48.3 Å². The fourth-order valence-electron chi connectivity index (χ4n) is 2.48. The Hall–Kier alpha value is -1.30. The van der Waals surface area contributed by atoms with E-state index in [1.54, 1.807) is 11.3 Å². The molecule has 0 fully saturated rings. The van der Waals surface area contributed by atoms with Gasteiger partial charge in [-0.1, -0.05) is 6.07 Å². The van der Waals surface area contributed by atoms with Gasteiger partial charge < -0.3 is 10.6 Å². The molecule has 2 aromatic rings. The minimum absolute atomic E-state index is 0. The topological polar surface area (TPSA) is 54.0 Å². The number of amides is 1. The largest absolute Gasteiger partial charge is 0.385 e. The molecule has 0 aliphatic carbocycles. The number of anilines is 1. The zero-order valence-corrected chi connectivity index (χ0v) is 14.5. The summed E-state index contributed by atoms with van der Waals surface area (Å²) >= 11 is 1.58. The van der Waals surface area contributed by atoms with Crippen LogP contribution in [0.25, 0.3) is 0 Å². The number of benzene rings is 1. The van der Waals surface area contributed by atoms with Crippen LogP contribution >= 0.6 is 36.2 Å². The van der Waals surface area contributed by atoms with Gasteiger partial charge in [-0.25, -0.2) is 4.98 Å². The molecule has 0 unspecified atom stereocenters. The number of aromatic nitrogens is 1. The number of nitrogens with zero attached hydrogens (tertiary/aromatic N) is 1. The molecule has 2 heterocycles. The lowest BCUT2D eigenvalue weighted by Gasteiger charge is -2.20. The Balaban J connectivity index is 0.00000121. The van der Waals surface area contributed by atoms with Crippen molar-refractivity contribution in [2.24, 2.45) is 0 Å². The van der Waals surface area contributed by atoms with Crippen molar-refractivity contribution in [3.8, 4) is 0 Å². The van der Waals surface area contributed by atoms with E-state index in [1.807, 2.05) is 29.1 Å². The Morgan fingerprint density at radius 2 is 2.23 bits per heavy atom. The van der Waals surface area contributed by atoms with E-state index in [-0.39, 0.29) is 30.7 Å². The third kappa shape index (κ3) is 4.35. The van der Waals surface area contributed by atoms with E-state index < -0.39 is 0 Å². The van der Waals surface area contributed by atoms with Gasteiger partial charge in [0, 0.05) is 36.1 Å². The summed E-state index contributed by atoms with van der Waals surface area (Å²) in [5, 5.41) is 8.35. The summed E-state index contributed by atoms with van der Waals surface area (Å²) in [6.07, 6.45) is 2.83. The average molecular weight is 360 g/mol. The molecule has 0 atom stereocenters. The van der Waals surface area contributed by atoms with Gasteiger partial charge in [-0.05, 0) is 30.5 Å². The first-order valence-electron chi connectivity index (χ1n) is 6.85. The maximum Gasteiger partial charge on any atom is 0.251 e. The summed E-state index contributed by atoms with van der Waals surface area (Å²) in [5.74, 6) is 0.0146. The zero-order chi connectivity index (χ0) is 13.8. The van der Waals surface area contributed by atoms with E-state index in [1.165, 1.54) is 0 Å². The highest BCUT2D eigenvalue weighted by Gasteiger charge is 2.16. The summed E-state index contributed by atoms with van der Waals surface area (Å²) in [7, 11) is 0. The molecule has 2 N–H and O–H groups in total. The van der Waals surface area contributed by atoms with Crippen LogP contribution in [0.1, 0.15) is 28.0 Å². The highest BCUT2D eigenvalue weighted by Crippen LogP contribution is 2.25. The summed E-state index contributed by atoms with van der Waals surface area (Å²) in [6, 6.07) is 5.89. The Kier molecular flexibility index (Phi) is 7.65. The third-order valence-electron chi connectivity index (χ3n) is 3.49. The predicted molar refractivity (Wildman–Crippen MR) is 95.9 cm³/mol. The molecule has 1 amide bonds. The van der Waals surface area contributed by atoms with Crippen molar-refractivity contribution >= 4 is 47.7 Å². The van der Waals surface area contributed by atoms with Crippen LogP contribution in [0, 0.1) is 0 Å². The van der Waals surface area contributed by atoms with Gasteiger partial charge in [0.15, 0.2) is 0 Å². The molecule has 7 heteroatoms. The zero-order valence-electron chi connectivity index (χ0n) is 12.0. The molecule has 22 heavy (non-hydrogen) atoms. The second-order valence-corrected chi connectivity index (χ2v) is 5.57. The summed E-state index contributed by atoms with van der Waals surface area (Å²) in [5.41, 5.74) is 5.89. The van der Waals surface area contributed by atoms with Crippen molar-refractivity contribution in [3.63, 3.8) is 0 Å². The SMILES string of the molecule is Cl.Cl.O=C(NCCc1cscn1)c1cccc2c1CCCN2. The van der Waals surface area contributed by atoms with Crippen LogP contribution in [0.5, 0.6) is 0 Å². The molecule has 4 nitrogen and oxygen atoms in total. The second kappa shape index (κ2) is 8.98. The van der Waals surface area contributed by atoms with Gasteiger partial charge in [-0.3, -0.25) is 4.79 Å². The average Bonchev–Trinajstić information content (AvgIpc) is 3.00. The van der Waals surface area contributed by atoms with E-state index in [2.05, 4.69) is 15.6 Å². The van der Waals surface area contributed by atoms with Gasteiger partial charge in [-0.15, -0.1) is 36.2 Å². The van der Waals surface area contributed by atoms with E-state index >= 15 is 0 Å². The van der Waals surface area contributed by atoms with Crippen molar-refractivity contribution < 1.29 is 4.79 Å². The van der Waals surface area contributed by atoms with Crippen LogP contribution in [0.3, 0.4) is 0 Å². The van der Waals surface area contributed by atoms with Crippen LogP contribution in [0.15, 0.2) is 29.1 Å². The van der Waals surface area contributed by atoms with Crippen molar-refractivity contribution in [3.05, 3.63) is 45.9 Å². The lowest BCUT2D eigenvalue weighted by atomic mass is 9.97. The van der Waals surface area contributed by atoms with Crippen LogP contribution in [0.4, 0.5) is 5.69 Å². The van der Waals surface area contributed by atoms with Gasteiger partial charge >= 0.3 is 0 Å². The Bertz CT molecular complexity index is 605. The number of rotatable bonds is 4. The Morgan fingerprint density at radius 3 is 3.00 bits per heavy atom. The first-order chi connectivity index (χ1) is 9.84. The first-order valence-corrected chi connectivity index (χ1v) is 7.80. The van der Waals surface area contributed by atoms with E-state index in [9.17, 15) is 4.79 Å². The molecular formula is C15H19Cl2N3OS. The van der Waals surface area contributed by atoms with Crippen LogP contribution in [-0.4, -0.2) is 24.0 Å². The smallest absolute Gasteiger partial charge is 0.251 e. The van der Waals surface area contributed by atoms with Crippen molar-refractivity contribution in [2.75, 3.05) is 18.4 Å². The van der Waals surface area contributed by atoms with Gasteiger partial charge in [0.05, 0.1) is 11.2 Å². The Morgan fingerprint density at radius 1 is 1.36 bits per heavy atom. The number of fused-ring (bicyclic) bond motifs is 1. The number of carbonyl (C=O) groups excluding carboxylic acids is 1. The molecule has 3 rings (SSSR count). The maximum atomic E-state index is 12.3. The molecule has 120 valence electrons. The van der Waals surface area contributed by atoms with Crippen molar-refractivity contribution in [1.82, 2.24) is 10.3 Å². The summed E-state index contributed by atoms with van der Waals surface area (Å²) in [6.45, 7) is 1.61. The molecule has 0 saturated carbocycles. The summed E-state index contributed by atoms with van der Waals surface area (Å²) < 4.78 is 0. The number of hydrogen-bond acceptors (Lipinski definition) is 4. The second-order valence-electron chi connectivity index (χ2n) is 4.85. The maximum absolute atomic E-state index is 12.3. The number of nitrogens with one attached hydrogen (secondary N) is 2. The number of halogens is 2. The molecular weight excluding hydrogens is 341 g/mol. The van der Waals surface area contributed by atoms with Gasteiger partial charge in [-0.2, -0.15) is 0 Å². The molecule has 0 spiro atoms. The highest BCUT2D eigenvalue weighted by molar-refractivity contribution is 7.07. The number of hydrogen-bond donors (Lipinski definition) is 2. The molecule has 1 aliphatic rings. The third-order valence-corrected chi connectivity index (χ3v) is 4.13. The van der Waals surface area contributed by atoms with Gasteiger partial charge in [0.25, 0.3) is 5.91 Å². The van der Waals surface area contributed by atoms with Crippen LogP contribution < -0.4 is 10.6 Å². The lowest BCUT2D eigenvalue weighted by molar-refractivity contribution is 0.0953. The standard InChI is InChI=1S/C15H17N3OS.2ClH/c19-15(17-8-6-11-9-20-10-18-11)13-3-1-5-14-12(13)4-2-7-16-14;;/h1,3,5,9-10,16H,2,4,6-8H2,(H,17,19);2*1H. The van der Waals surface area contributed by atoms with E-state index in [0.29, 0.717) is 6.54 Å². The minimum atomic E-state index is 0. The lowest BCUT2D eigenvalue weighted by Crippen LogP contribution is -2.28. The van der Waals surface area contributed by atoms with Crippen molar-refractivity contribution in [1.29, 1.82) is 0 Å².